The summed E-state index contributed by atoms with van der Waals surface area (Å²) >= 11 is 0. The zero-order valence-electron chi connectivity index (χ0n) is 23.4. The lowest BCUT2D eigenvalue weighted by Gasteiger charge is -2.36. The lowest BCUT2D eigenvalue weighted by Crippen LogP contribution is -2.45. The van der Waals surface area contributed by atoms with E-state index in [1.165, 1.54) is 21.0 Å². The van der Waals surface area contributed by atoms with Gasteiger partial charge in [0, 0.05) is 49.5 Å². The van der Waals surface area contributed by atoms with Crippen LogP contribution in [-0.4, -0.2) is 41.3 Å². The predicted molar refractivity (Wildman–Crippen MR) is 154 cm³/mol. The molecule has 2 N–H and O–H groups in total. The predicted octanol–water partition coefficient (Wildman–Crippen LogP) is 4.49. The Labute approximate surface area is 232 Å². The van der Waals surface area contributed by atoms with Crippen LogP contribution in [0.4, 0.5) is 0 Å². The smallest absolute Gasteiger partial charge is 0.243 e. The third-order valence-corrected chi connectivity index (χ3v) is 9.73. The largest absolute Gasteiger partial charge is 0.353 e. The van der Waals surface area contributed by atoms with Crippen molar-refractivity contribution in [1.82, 2.24) is 19.5 Å². The minimum atomic E-state index is -3.75. The molecule has 2 aliphatic rings. The average molecular weight is 549 g/mol. The number of fused-ring (bicyclic) bond motifs is 2. The molecule has 7 nitrogen and oxygen atoms in total. The number of hydrogen-bond donors (Lipinski definition) is 2. The molecule has 8 heteroatoms. The normalized spacial score (nSPS) is 19.8. The molecule has 2 atom stereocenters. The molecule has 1 aliphatic carbocycles. The summed E-state index contributed by atoms with van der Waals surface area (Å²) in [4.78, 5) is 13.6. The number of carbonyl (C=O) groups is 1. The van der Waals surface area contributed by atoms with Crippen molar-refractivity contribution in [1.29, 1.82) is 0 Å². The first-order valence-electron chi connectivity index (χ1n) is 13.9. The van der Waals surface area contributed by atoms with Gasteiger partial charge in [-0.15, -0.1) is 0 Å². The molecule has 1 aromatic heterocycles. The third kappa shape index (κ3) is 6.29. The summed E-state index contributed by atoms with van der Waals surface area (Å²) in [6, 6.07) is 16.9. The second-order valence-electron chi connectivity index (χ2n) is 12.0. The van der Waals surface area contributed by atoms with Gasteiger partial charge in [-0.1, -0.05) is 35.9 Å². The summed E-state index contributed by atoms with van der Waals surface area (Å²) in [6.07, 6.45) is 4.64. The maximum absolute atomic E-state index is 13.7. The topological polar surface area (TPSA) is 83.4 Å². The number of carbonyl (C=O) groups excluding carboxylic acids is 1. The van der Waals surface area contributed by atoms with E-state index in [1.807, 2.05) is 37.4 Å². The van der Waals surface area contributed by atoms with Crippen molar-refractivity contribution < 1.29 is 13.2 Å². The van der Waals surface area contributed by atoms with E-state index < -0.39 is 16.1 Å². The van der Waals surface area contributed by atoms with Gasteiger partial charge in [-0.2, -0.15) is 4.31 Å². The van der Waals surface area contributed by atoms with E-state index in [2.05, 4.69) is 54.2 Å². The van der Waals surface area contributed by atoms with Gasteiger partial charge in [0.05, 0.1) is 10.9 Å². The number of amides is 1. The van der Waals surface area contributed by atoms with Crippen LogP contribution in [0, 0.1) is 6.92 Å². The maximum atomic E-state index is 13.7. The Kier molecular flexibility index (Phi) is 7.73. The number of benzene rings is 2. The van der Waals surface area contributed by atoms with Crippen LogP contribution in [0.3, 0.4) is 0 Å². The molecule has 3 aromatic rings. The summed E-state index contributed by atoms with van der Waals surface area (Å²) in [5.41, 5.74) is 5.85. The molecular weight excluding hydrogens is 508 g/mol. The molecule has 39 heavy (non-hydrogen) atoms. The van der Waals surface area contributed by atoms with Gasteiger partial charge < -0.3 is 15.2 Å². The van der Waals surface area contributed by atoms with Crippen LogP contribution in [0.1, 0.15) is 67.6 Å². The molecular formula is C31H40N4O3S. The fraction of sp³-hybridized carbons (Fsp3) is 0.452. The highest BCUT2D eigenvalue weighted by Crippen LogP contribution is 2.34. The highest BCUT2D eigenvalue weighted by Gasteiger charge is 2.38. The minimum Gasteiger partial charge on any atom is -0.353 e. The molecule has 0 saturated heterocycles. The van der Waals surface area contributed by atoms with E-state index in [9.17, 15) is 13.2 Å². The summed E-state index contributed by atoms with van der Waals surface area (Å²) in [7, 11) is -3.75. The first kappa shape index (κ1) is 27.6. The van der Waals surface area contributed by atoms with E-state index >= 15 is 0 Å². The minimum absolute atomic E-state index is 0.0427. The van der Waals surface area contributed by atoms with Crippen molar-refractivity contribution >= 4 is 15.9 Å². The Bertz CT molecular complexity index is 1440. The second kappa shape index (κ2) is 10.9. The molecule has 0 spiro atoms. The van der Waals surface area contributed by atoms with Crippen molar-refractivity contribution in [2.45, 2.75) is 89.0 Å². The third-order valence-electron chi connectivity index (χ3n) is 7.81. The monoisotopic (exact) mass is 548 g/mol. The van der Waals surface area contributed by atoms with Crippen molar-refractivity contribution in [3.8, 4) is 0 Å². The van der Waals surface area contributed by atoms with Crippen LogP contribution in [0.5, 0.6) is 0 Å². The number of nitrogens with zero attached hydrogens (tertiary/aromatic N) is 2. The van der Waals surface area contributed by atoms with Crippen LogP contribution in [-0.2, 0) is 40.7 Å². The van der Waals surface area contributed by atoms with Crippen molar-refractivity contribution in [3.63, 3.8) is 0 Å². The Morgan fingerprint density at radius 2 is 1.79 bits per heavy atom. The Balaban J connectivity index is 1.27. The van der Waals surface area contributed by atoms with Crippen molar-refractivity contribution in [2.24, 2.45) is 0 Å². The molecule has 1 amide bonds. The maximum Gasteiger partial charge on any atom is 0.243 e. The van der Waals surface area contributed by atoms with Gasteiger partial charge in [0.1, 0.15) is 0 Å². The highest BCUT2D eigenvalue weighted by molar-refractivity contribution is 7.89. The molecule has 0 radical (unpaired) electrons. The summed E-state index contributed by atoms with van der Waals surface area (Å²) in [5, 5.41) is 6.77. The van der Waals surface area contributed by atoms with E-state index in [1.54, 1.807) is 12.1 Å². The van der Waals surface area contributed by atoms with Gasteiger partial charge >= 0.3 is 0 Å². The SMILES string of the molecule is Cc1ccc(S(=O)(=O)N2CCn3cccc3C2CC(=O)NC2CCc3cc(CNC(C)(C)C)ccc3C2)cc1. The number of aromatic nitrogens is 1. The van der Waals surface area contributed by atoms with Gasteiger partial charge in [0.15, 0.2) is 0 Å². The molecule has 0 bridgehead atoms. The molecule has 1 aliphatic heterocycles. The van der Waals surface area contributed by atoms with E-state index in [0.717, 1.165) is 37.1 Å². The van der Waals surface area contributed by atoms with Crippen molar-refractivity contribution in [2.75, 3.05) is 6.54 Å². The van der Waals surface area contributed by atoms with Crippen LogP contribution in [0.25, 0.3) is 0 Å². The summed E-state index contributed by atoms with van der Waals surface area (Å²) < 4.78 is 30.9. The molecule has 2 aromatic carbocycles. The summed E-state index contributed by atoms with van der Waals surface area (Å²) in [5.74, 6) is -0.113. The van der Waals surface area contributed by atoms with Gasteiger partial charge in [0.2, 0.25) is 15.9 Å². The fourth-order valence-electron chi connectivity index (χ4n) is 5.65. The quantitative estimate of drug-likeness (QED) is 0.456. The number of rotatable bonds is 7. The number of nitrogens with one attached hydrogen (secondary N) is 2. The first-order chi connectivity index (χ1) is 18.5. The molecule has 208 valence electrons. The van der Waals surface area contributed by atoms with Gasteiger partial charge in [-0.25, -0.2) is 8.42 Å². The fourth-order valence-corrected chi connectivity index (χ4v) is 7.24. The van der Waals surface area contributed by atoms with Gasteiger partial charge in [0.25, 0.3) is 0 Å². The summed E-state index contributed by atoms with van der Waals surface area (Å²) in [6.45, 7) is 10.2. The second-order valence-corrected chi connectivity index (χ2v) is 13.9. The van der Waals surface area contributed by atoms with Gasteiger partial charge in [-0.3, -0.25) is 4.79 Å². The lowest BCUT2D eigenvalue weighted by molar-refractivity contribution is -0.123. The Hall–Kier alpha value is -2.94. The molecule has 5 rings (SSSR count). The zero-order valence-corrected chi connectivity index (χ0v) is 24.2. The number of aryl methyl sites for hydroxylation is 2. The van der Waals surface area contributed by atoms with Crippen LogP contribution >= 0.6 is 0 Å². The van der Waals surface area contributed by atoms with Crippen LogP contribution < -0.4 is 10.6 Å². The Morgan fingerprint density at radius 1 is 1.03 bits per heavy atom. The number of sulfonamides is 1. The lowest BCUT2D eigenvalue weighted by atomic mass is 9.87. The standard InChI is InChI=1S/C31H40N4O3S/c1-22-7-13-27(14-8-22)39(37,38)35-17-16-34-15-5-6-28(34)29(35)20-30(36)33-26-12-11-24-18-23(9-10-25(24)19-26)21-32-31(2,3)4/h5-10,13-15,18,26,29,32H,11-12,16-17,19-21H2,1-4H3,(H,33,36). The van der Waals surface area contributed by atoms with Crippen LogP contribution in [0.2, 0.25) is 0 Å². The average Bonchev–Trinajstić information content (AvgIpc) is 3.37. The number of hydrogen-bond acceptors (Lipinski definition) is 4. The first-order valence-corrected chi connectivity index (χ1v) is 15.3. The molecule has 0 saturated carbocycles. The Morgan fingerprint density at radius 3 is 2.54 bits per heavy atom. The molecule has 0 fully saturated rings. The van der Waals surface area contributed by atoms with E-state index in [4.69, 9.17) is 0 Å². The molecule has 2 unspecified atom stereocenters. The highest BCUT2D eigenvalue weighted by atomic mass is 32.2. The molecule has 2 heterocycles. The van der Waals surface area contributed by atoms with Gasteiger partial charge in [-0.05, 0) is 87.9 Å². The zero-order chi connectivity index (χ0) is 27.8. The van der Waals surface area contributed by atoms with E-state index in [-0.39, 0.29) is 28.8 Å². The van der Waals surface area contributed by atoms with Crippen LogP contribution in [0.15, 0.2) is 65.7 Å². The van der Waals surface area contributed by atoms with E-state index in [0.29, 0.717) is 13.1 Å². The van der Waals surface area contributed by atoms with Crippen molar-refractivity contribution in [3.05, 3.63) is 88.7 Å².